The van der Waals surface area contributed by atoms with Gasteiger partial charge in [0.15, 0.2) is 0 Å². The first-order valence-electron chi connectivity index (χ1n) is 9.72. The summed E-state index contributed by atoms with van der Waals surface area (Å²) in [7, 11) is -3.79. The molecule has 0 aliphatic heterocycles. The van der Waals surface area contributed by atoms with E-state index in [1.165, 1.54) is 34.5 Å². The number of nitrogens with two attached hydrogens (primary N) is 1. The average Bonchev–Trinajstić information content (AvgIpc) is 3.32. The summed E-state index contributed by atoms with van der Waals surface area (Å²) in [5.41, 5.74) is 4.98. The molecule has 0 unspecified atom stereocenters. The first kappa shape index (κ1) is 24.0. The third-order valence-corrected chi connectivity index (χ3v) is 7.15. The van der Waals surface area contributed by atoms with Crippen LogP contribution in [0.2, 0.25) is 0 Å². The average molecular weight is 481 g/mol. The molecule has 0 saturated carbocycles. The van der Waals surface area contributed by atoms with Gasteiger partial charge in [-0.2, -0.15) is 5.10 Å². The molecule has 0 atom stereocenters. The molecule has 9 nitrogen and oxygen atoms in total. The maximum absolute atomic E-state index is 12.9. The summed E-state index contributed by atoms with van der Waals surface area (Å²) in [5.74, 6) is 0. The Morgan fingerprint density at radius 3 is 2.72 bits per heavy atom. The van der Waals surface area contributed by atoms with Crippen LogP contribution < -0.4 is 16.1 Å². The summed E-state index contributed by atoms with van der Waals surface area (Å²) in [5, 5.41) is 4.00. The summed E-state index contributed by atoms with van der Waals surface area (Å²) in [6, 6.07) is 6.66. The van der Waals surface area contributed by atoms with Crippen molar-refractivity contribution in [3.63, 3.8) is 0 Å². The van der Waals surface area contributed by atoms with Crippen LogP contribution >= 0.6 is 11.3 Å². The number of rotatable bonds is 8. The highest BCUT2D eigenvalue weighted by atomic mass is 32.2. The number of thiophene rings is 1. The monoisotopic (exact) mass is 480 g/mol. The van der Waals surface area contributed by atoms with E-state index >= 15 is 0 Å². The number of nitrogens with one attached hydrogen (secondary N) is 1. The van der Waals surface area contributed by atoms with Crippen molar-refractivity contribution in [2.75, 3.05) is 6.54 Å². The van der Waals surface area contributed by atoms with Crippen LogP contribution in [-0.2, 0) is 23.1 Å². The number of pyridine rings is 1. The van der Waals surface area contributed by atoms with E-state index in [1.54, 1.807) is 39.0 Å². The molecule has 0 amide bonds. The van der Waals surface area contributed by atoms with Gasteiger partial charge in [0.25, 0.3) is 0 Å². The first-order valence-corrected chi connectivity index (χ1v) is 12.0. The SMILES string of the molecule is CC(C)(C)NS(=O)(=O)c1cccnc1-c1ccc(Cn2cnn(C/C(=C/F)CN)c2=O)s1. The zero-order valence-corrected chi connectivity index (χ0v) is 19.6. The molecule has 3 rings (SSSR count). The Bertz CT molecular complexity index is 1280. The topological polar surface area (TPSA) is 125 Å². The van der Waals surface area contributed by atoms with Gasteiger partial charge in [-0.15, -0.1) is 11.3 Å². The van der Waals surface area contributed by atoms with Crippen molar-refractivity contribution in [2.45, 2.75) is 44.3 Å². The van der Waals surface area contributed by atoms with Crippen LogP contribution in [0.3, 0.4) is 0 Å². The molecule has 0 saturated heterocycles. The second-order valence-corrected chi connectivity index (χ2v) is 11.0. The molecule has 0 aromatic carbocycles. The van der Waals surface area contributed by atoms with Gasteiger partial charge in [0.05, 0.1) is 24.3 Å². The Labute approximate surface area is 189 Å². The molecule has 0 spiro atoms. The van der Waals surface area contributed by atoms with Gasteiger partial charge in [-0.05, 0) is 50.6 Å². The van der Waals surface area contributed by atoms with Crippen LogP contribution in [0.4, 0.5) is 4.39 Å². The molecule has 0 aliphatic rings. The third-order valence-electron chi connectivity index (χ3n) is 4.29. The highest BCUT2D eigenvalue weighted by molar-refractivity contribution is 7.89. The third kappa shape index (κ3) is 5.57. The number of halogens is 1. The fraction of sp³-hybridized carbons (Fsp3) is 0.350. The van der Waals surface area contributed by atoms with Gasteiger partial charge in [-0.25, -0.2) is 27.0 Å². The smallest absolute Gasteiger partial charge is 0.327 e. The largest absolute Gasteiger partial charge is 0.346 e. The Kier molecular flexibility index (Phi) is 7.08. The van der Waals surface area contributed by atoms with Gasteiger partial charge in [0, 0.05) is 23.2 Å². The molecule has 3 aromatic heterocycles. The number of nitrogens with zero attached hydrogens (tertiary/aromatic N) is 4. The van der Waals surface area contributed by atoms with Crippen molar-refractivity contribution in [1.82, 2.24) is 24.1 Å². The normalized spacial score (nSPS) is 13.0. The van der Waals surface area contributed by atoms with E-state index in [0.717, 1.165) is 9.56 Å². The van der Waals surface area contributed by atoms with Crippen molar-refractivity contribution in [3.05, 3.63) is 64.1 Å². The molecule has 3 heterocycles. The molecule has 172 valence electrons. The lowest BCUT2D eigenvalue weighted by Gasteiger charge is -2.21. The zero-order valence-electron chi connectivity index (χ0n) is 17.9. The van der Waals surface area contributed by atoms with Crippen LogP contribution in [0.5, 0.6) is 0 Å². The molecule has 3 N–H and O–H groups in total. The highest BCUT2D eigenvalue weighted by Crippen LogP contribution is 2.32. The summed E-state index contributed by atoms with van der Waals surface area (Å²) in [4.78, 5) is 18.3. The molecule has 0 bridgehead atoms. The standard InChI is InChI=1S/C20H25FN6O3S2/c1-20(2,3)25-32(29,30)17-5-4-8-23-18(17)16-7-6-15(31-16)12-26-13-24-27(19(26)28)11-14(9-21)10-22/h4-9,13,25H,10-12,22H2,1-3H3/b14-9+. The summed E-state index contributed by atoms with van der Waals surface area (Å²) < 4.78 is 43.7. The van der Waals surface area contributed by atoms with E-state index in [1.807, 2.05) is 0 Å². The van der Waals surface area contributed by atoms with Crippen molar-refractivity contribution in [2.24, 2.45) is 5.73 Å². The quantitative estimate of drug-likeness (QED) is 0.509. The minimum Gasteiger partial charge on any atom is -0.327 e. The fourth-order valence-electron chi connectivity index (χ4n) is 2.93. The number of aromatic nitrogens is 4. The van der Waals surface area contributed by atoms with E-state index in [4.69, 9.17) is 5.73 Å². The van der Waals surface area contributed by atoms with Crippen LogP contribution in [0, 0.1) is 0 Å². The fourth-order valence-corrected chi connectivity index (χ4v) is 5.61. The minimum atomic E-state index is -3.79. The molecule has 32 heavy (non-hydrogen) atoms. The highest BCUT2D eigenvalue weighted by Gasteiger charge is 2.26. The second kappa shape index (κ2) is 9.45. The Morgan fingerprint density at radius 2 is 2.06 bits per heavy atom. The number of sulfonamides is 1. The lowest BCUT2D eigenvalue weighted by atomic mass is 10.1. The van der Waals surface area contributed by atoms with Gasteiger partial charge >= 0.3 is 5.69 Å². The molecule has 0 aliphatic carbocycles. The van der Waals surface area contributed by atoms with Crippen LogP contribution in [0.25, 0.3) is 10.6 Å². The number of hydrogen-bond acceptors (Lipinski definition) is 7. The van der Waals surface area contributed by atoms with Crippen molar-refractivity contribution in [1.29, 1.82) is 0 Å². The molecule has 0 radical (unpaired) electrons. The molecular weight excluding hydrogens is 455 g/mol. The Hall–Kier alpha value is -2.67. The summed E-state index contributed by atoms with van der Waals surface area (Å²) in [6.07, 6.45) is 3.29. The predicted molar refractivity (Wildman–Crippen MR) is 121 cm³/mol. The lowest BCUT2D eigenvalue weighted by Crippen LogP contribution is -2.40. The lowest BCUT2D eigenvalue weighted by molar-refractivity contribution is 0.491. The van der Waals surface area contributed by atoms with Crippen molar-refractivity contribution >= 4 is 21.4 Å². The van der Waals surface area contributed by atoms with E-state index < -0.39 is 21.3 Å². The van der Waals surface area contributed by atoms with Gasteiger partial charge in [-0.1, -0.05) is 0 Å². The Balaban J connectivity index is 1.87. The Morgan fingerprint density at radius 1 is 1.31 bits per heavy atom. The summed E-state index contributed by atoms with van der Waals surface area (Å²) in [6.45, 7) is 5.49. The van der Waals surface area contributed by atoms with E-state index in [0.29, 0.717) is 16.9 Å². The zero-order chi connectivity index (χ0) is 23.5. The van der Waals surface area contributed by atoms with Crippen LogP contribution in [0.1, 0.15) is 25.6 Å². The minimum absolute atomic E-state index is 0.0104. The summed E-state index contributed by atoms with van der Waals surface area (Å²) >= 11 is 1.33. The van der Waals surface area contributed by atoms with E-state index in [2.05, 4.69) is 14.8 Å². The maximum Gasteiger partial charge on any atom is 0.346 e. The first-order chi connectivity index (χ1) is 15.0. The number of hydrogen-bond donors (Lipinski definition) is 2. The van der Waals surface area contributed by atoms with E-state index in [-0.39, 0.29) is 30.1 Å². The van der Waals surface area contributed by atoms with Crippen molar-refractivity contribution < 1.29 is 12.8 Å². The maximum atomic E-state index is 12.9. The molecule has 12 heteroatoms. The molecular formula is C20H25FN6O3S2. The predicted octanol–water partition coefficient (Wildman–Crippen LogP) is 2.11. The van der Waals surface area contributed by atoms with Gasteiger partial charge < -0.3 is 5.73 Å². The van der Waals surface area contributed by atoms with Crippen LogP contribution in [-0.4, -0.2) is 39.8 Å². The van der Waals surface area contributed by atoms with Gasteiger partial charge in [-0.3, -0.25) is 9.55 Å². The van der Waals surface area contributed by atoms with Crippen LogP contribution in [0.15, 0.2) is 58.4 Å². The van der Waals surface area contributed by atoms with E-state index in [9.17, 15) is 17.6 Å². The van der Waals surface area contributed by atoms with Gasteiger partial charge in [0.1, 0.15) is 16.9 Å². The second-order valence-electron chi connectivity index (χ2n) is 8.14. The van der Waals surface area contributed by atoms with Crippen molar-refractivity contribution in [3.8, 4) is 10.6 Å². The molecule has 3 aromatic rings. The van der Waals surface area contributed by atoms with Gasteiger partial charge in [0.2, 0.25) is 10.0 Å². The molecule has 0 fully saturated rings.